The molecule has 0 bridgehead atoms. The molecular weight excluding hydrogens is 506 g/mol. The van der Waals surface area contributed by atoms with Crippen molar-refractivity contribution in [3.05, 3.63) is 89.9 Å². The lowest BCUT2D eigenvalue weighted by Crippen LogP contribution is -2.50. The Bertz CT molecular complexity index is 1740. The SMILES string of the molecule is O=C(C1CC1)N1CCC(O)(Cn2cnc3c(cnn3-c3cccc(-c4ccc(-n5cccn5)cc4)c3)c2=O)CC1. The highest BCUT2D eigenvalue weighted by Gasteiger charge is 2.39. The Hall–Kier alpha value is -4.57. The average molecular weight is 536 g/mol. The second-order valence-electron chi connectivity index (χ2n) is 10.8. The minimum Gasteiger partial charge on any atom is -0.388 e. The fourth-order valence-corrected chi connectivity index (χ4v) is 5.50. The summed E-state index contributed by atoms with van der Waals surface area (Å²) < 4.78 is 4.94. The second-order valence-corrected chi connectivity index (χ2v) is 10.8. The molecule has 0 atom stereocenters. The highest BCUT2D eigenvalue weighted by atomic mass is 16.3. The van der Waals surface area contributed by atoms with Crippen LogP contribution < -0.4 is 5.56 Å². The number of benzene rings is 2. The topological polar surface area (TPSA) is 111 Å². The van der Waals surface area contributed by atoms with Crippen LogP contribution in [0.5, 0.6) is 0 Å². The number of carbonyl (C=O) groups is 1. The van der Waals surface area contributed by atoms with Crippen LogP contribution in [0.25, 0.3) is 33.5 Å². The summed E-state index contributed by atoms with van der Waals surface area (Å²) in [7, 11) is 0. The van der Waals surface area contributed by atoms with E-state index in [0.717, 1.165) is 35.3 Å². The van der Waals surface area contributed by atoms with E-state index in [9.17, 15) is 14.7 Å². The normalized spacial score (nSPS) is 16.9. The third kappa shape index (κ3) is 4.50. The number of aromatic nitrogens is 6. The second kappa shape index (κ2) is 9.56. The highest BCUT2D eigenvalue weighted by Crippen LogP contribution is 2.33. The molecule has 3 aromatic heterocycles. The third-order valence-corrected chi connectivity index (χ3v) is 8.01. The molecule has 1 aliphatic heterocycles. The van der Waals surface area contributed by atoms with Crippen molar-refractivity contribution < 1.29 is 9.90 Å². The van der Waals surface area contributed by atoms with Crippen molar-refractivity contribution in [3.63, 3.8) is 0 Å². The van der Waals surface area contributed by atoms with Crippen LogP contribution >= 0.6 is 0 Å². The quantitative estimate of drug-likeness (QED) is 0.358. The maximum absolute atomic E-state index is 13.4. The highest BCUT2D eigenvalue weighted by molar-refractivity contribution is 5.81. The molecule has 1 amide bonds. The molecule has 1 aliphatic carbocycles. The van der Waals surface area contributed by atoms with Crippen molar-refractivity contribution in [2.45, 2.75) is 37.8 Å². The summed E-state index contributed by atoms with van der Waals surface area (Å²) in [5, 5.41) is 20.4. The molecule has 0 unspecified atom stereocenters. The smallest absolute Gasteiger partial charge is 0.264 e. The van der Waals surface area contributed by atoms with Crippen LogP contribution in [-0.4, -0.2) is 63.7 Å². The molecular formula is C30H29N7O3. The Morgan fingerprint density at radius 2 is 1.77 bits per heavy atom. The molecule has 10 nitrogen and oxygen atoms in total. The predicted molar refractivity (Wildman–Crippen MR) is 149 cm³/mol. The van der Waals surface area contributed by atoms with Gasteiger partial charge in [-0.3, -0.25) is 14.2 Å². The Balaban J connectivity index is 1.11. The van der Waals surface area contributed by atoms with Crippen LogP contribution in [0.3, 0.4) is 0 Å². The molecule has 1 N–H and O–H groups in total. The van der Waals surface area contributed by atoms with Crippen LogP contribution in [0.2, 0.25) is 0 Å². The molecule has 2 fully saturated rings. The minimum absolute atomic E-state index is 0.134. The van der Waals surface area contributed by atoms with E-state index in [1.807, 2.05) is 70.4 Å². The first-order valence-electron chi connectivity index (χ1n) is 13.6. The standard InChI is InChI=1S/C30H29N7O3/c38-28(22-5-6-22)34-15-11-30(40,12-16-34)19-35-20-31-27-26(29(35)39)18-33-37(27)25-4-1-3-23(17-25)21-7-9-24(10-8-21)36-14-2-13-32-36/h1-4,7-10,13-14,17-18,20,22,40H,5-6,11-12,15-16,19H2. The van der Waals surface area contributed by atoms with Gasteiger partial charge in [0.2, 0.25) is 5.91 Å². The number of hydrogen-bond donors (Lipinski definition) is 1. The van der Waals surface area contributed by atoms with E-state index in [0.29, 0.717) is 37.0 Å². The van der Waals surface area contributed by atoms with Gasteiger partial charge in [0.25, 0.3) is 5.56 Å². The van der Waals surface area contributed by atoms with Crippen LogP contribution in [0.1, 0.15) is 25.7 Å². The van der Waals surface area contributed by atoms with Crippen molar-refractivity contribution in [1.29, 1.82) is 0 Å². The first kappa shape index (κ1) is 24.5. The predicted octanol–water partition coefficient (Wildman–Crippen LogP) is 3.20. The van der Waals surface area contributed by atoms with Crippen LogP contribution in [0.15, 0.2) is 84.3 Å². The molecule has 2 aromatic carbocycles. The van der Waals surface area contributed by atoms with Crippen molar-refractivity contribution in [3.8, 4) is 22.5 Å². The van der Waals surface area contributed by atoms with Crippen molar-refractivity contribution >= 4 is 16.9 Å². The lowest BCUT2D eigenvalue weighted by atomic mass is 9.91. The molecule has 10 heteroatoms. The third-order valence-electron chi connectivity index (χ3n) is 8.01. The molecule has 5 aromatic rings. The van der Waals surface area contributed by atoms with E-state index in [-0.39, 0.29) is 23.9 Å². The Morgan fingerprint density at radius 1 is 0.975 bits per heavy atom. The molecule has 202 valence electrons. The molecule has 1 saturated carbocycles. The van der Waals surface area contributed by atoms with E-state index in [2.05, 4.69) is 15.2 Å². The van der Waals surface area contributed by atoms with Gasteiger partial charge in [0.05, 0.1) is 29.7 Å². The van der Waals surface area contributed by atoms with Gasteiger partial charge in [-0.1, -0.05) is 24.3 Å². The number of hydrogen-bond acceptors (Lipinski definition) is 6. The van der Waals surface area contributed by atoms with E-state index in [4.69, 9.17) is 0 Å². The molecule has 40 heavy (non-hydrogen) atoms. The lowest BCUT2D eigenvalue weighted by molar-refractivity contribution is -0.137. The van der Waals surface area contributed by atoms with Gasteiger partial charge in [-0.05, 0) is 67.1 Å². The lowest BCUT2D eigenvalue weighted by Gasteiger charge is -2.38. The first-order chi connectivity index (χ1) is 19.5. The number of fused-ring (bicyclic) bond motifs is 1. The molecule has 1 saturated heterocycles. The summed E-state index contributed by atoms with van der Waals surface area (Å²) >= 11 is 0. The van der Waals surface area contributed by atoms with Gasteiger partial charge in [-0.2, -0.15) is 10.2 Å². The molecule has 4 heterocycles. The maximum atomic E-state index is 13.4. The zero-order valence-electron chi connectivity index (χ0n) is 21.9. The summed E-state index contributed by atoms with van der Waals surface area (Å²) in [6, 6.07) is 18.0. The van der Waals surface area contributed by atoms with Crippen molar-refractivity contribution in [1.82, 2.24) is 34.0 Å². The maximum Gasteiger partial charge on any atom is 0.264 e. The molecule has 2 aliphatic rings. The zero-order valence-corrected chi connectivity index (χ0v) is 21.9. The van der Waals surface area contributed by atoms with Gasteiger partial charge >= 0.3 is 0 Å². The molecule has 0 spiro atoms. The summed E-state index contributed by atoms with van der Waals surface area (Å²) in [5.74, 6) is 0.371. The molecule has 0 radical (unpaired) electrons. The average Bonchev–Trinajstić information content (AvgIpc) is 3.50. The van der Waals surface area contributed by atoms with Crippen molar-refractivity contribution in [2.75, 3.05) is 13.1 Å². The fraction of sp³-hybridized carbons (Fsp3) is 0.300. The number of rotatable bonds is 6. The van der Waals surface area contributed by atoms with Gasteiger partial charge in [0.15, 0.2) is 5.65 Å². The summed E-state index contributed by atoms with van der Waals surface area (Å²) in [4.78, 5) is 32.2. The van der Waals surface area contributed by atoms with E-state index in [1.165, 1.54) is 17.1 Å². The Kier molecular flexibility index (Phi) is 5.85. The van der Waals surface area contributed by atoms with Crippen LogP contribution in [0.4, 0.5) is 0 Å². The van der Waals surface area contributed by atoms with Crippen LogP contribution in [-0.2, 0) is 11.3 Å². The Labute approximate surface area is 230 Å². The van der Waals surface area contributed by atoms with E-state index in [1.54, 1.807) is 10.9 Å². The van der Waals surface area contributed by atoms with Crippen LogP contribution in [0, 0.1) is 5.92 Å². The number of piperidine rings is 1. The monoisotopic (exact) mass is 535 g/mol. The number of amides is 1. The molecule has 7 rings (SSSR count). The largest absolute Gasteiger partial charge is 0.388 e. The van der Waals surface area contributed by atoms with Gasteiger partial charge in [-0.25, -0.2) is 14.3 Å². The number of aliphatic hydroxyl groups is 1. The van der Waals surface area contributed by atoms with E-state index >= 15 is 0 Å². The summed E-state index contributed by atoms with van der Waals surface area (Å²) in [5.41, 5.74) is 2.98. The van der Waals surface area contributed by atoms with Crippen molar-refractivity contribution in [2.24, 2.45) is 5.92 Å². The van der Waals surface area contributed by atoms with E-state index < -0.39 is 5.60 Å². The zero-order chi connectivity index (χ0) is 27.3. The number of carbonyl (C=O) groups excluding carboxylic acids is 1. The minimum atomic E-state index is -1.06. The Morgan fingerprint density at radius 3 is 2.50 bits per heavy atom. The number of nitrogens with zero attached hydrogens (tertiary/aromatic N) is 7. The van der Waals surface area contributed by atoms with Gasteiger partial charge in [0.1, 0.15) is 11.7 Å². The first-order valence-corrected chi connectivity index (χ1v) is 13.6. The fourth-order valence-electron chi connectivity index (χ4n) is 5.50. The van der Waals surface area contributed by atoms with Gasteiger partial charge in [-0.15, -0.1) is 0 Å². The summed E-state index contributed by atoms with van der Waals surface area (Å²) in [6.07, 6.45) is 9.49. The summed E-state index contributed by atoms with van der Waals surface area (Å²) in [6.45, 7) is 1.16. The van der Waals surface area contributed by atoms with Gasteiger partial charge in [0, 0.05) is 31.4 Å². The van der Waals surface area contributed by atoms with Gasteiger partial charge < -0.3 is 10.0 Å². The number of likely N-dealkylation sites (tertiary alicyclic amines) is 1.